The average molecular weight is 777 g/mol. The number of phosphoric acid groups is 1. The number of carbonyl (C=O) groups excluding carboxylic acids is 1. The van der Waals surface area contributed by atoms with Crippen LogP contribution in [0.3, 0.4) is 0 Å². The summed E-state index contributed by atoms with van der Waals surface area (Å²) in [6.45, 7) is 8.83. The zero-order chi connectivity index (χ0) is 28.6. The number of phosphoric ester groups is 1. The van der Waals surface area contributed by atoms with Gasteiger partial charge in [-0.1, -0.05) is 0 Å². The Morgan fingerprint density at radius 2 is 1.23 bits per heavy atom. The topological polar surface area (TPSA) is 61.8 Å². The van der Waals surface area contributed by atoms with Crippen molar-refractivity contribution in [2.45, 2.75) is 96.8 Å². The standard InChI is InChI=1S/C19H21IO5P.3C4H9.Sn/c1-19(2,14-9-15-20)18(21)25-26(22,23-16-10-5-3-6-11-16)24-17-12-7-4-8-13-17;3*1-3-4-2;/h3-8,10-13H,1,9,14-15H2,2H3;3*1,3-4H2,2H3;. The van der Waals surface area contributed by atoms with E-state index < -0.39 is 37.6 Å². The Morgan fingerprint density at radius 3 is 1.62 bits per heavy atom. The van der Waals surface area contributed by atoms with E-state index in [9.17, 15) is 9.36 Å². The Hall–Kier alpha value is -0.731. The normalized spacial score (nSPS) is 13.5. The van der Waals surface area contributed by atoms with Gasteiger partial charge in [0.05, 0.1) is 0 Å². The first-order chi connectivity index (χ1) is 18.7. The third-order valence-corrected chi connectivity index (χ3v) is 25.9. The molecular weight excluding hydrogens is 729 g/mol. The van der Waals surface area contributed by atoms with Gasteiger partial charge in [0.15, 0.2) is 0 Å². The molecule has 0 aromatic heterocycles. The van der Waals surface area contributed by atoms with Crippen LogP contribution in [0.5, 0.6) is 11.5 Å². The maximum atomic E-state index is 14.1. The zero-order valence-corrected chi connectivity index (χ0v) is 30.2. The molecule has 0 radical (unpaired) electrons. The Bertz CT molecular complexity index is 939. The summed E-state index contributed by atoms with van der Waals surface area (Å²) >= 11 is -0.378. The summed E-state index contributed by atoms with van der Waals surface area (Å²) in [6, 6.07) is 17.6. The van der Waals surface area contributed by atoms with Gasteiger partial charge in [-0.15, -0.1) is 0 Å². The van der Waals surface area contributed by atoms with E-state index in [4.69, 9.17) is 13.6 Å². The van der Waals surface area contributed by atoms with Crippen molar-refractivity contribution in [3.8, 4) is 11.5 Å². The second kappa shape index (κ2) is 17.9. The van der Waals surface area contributed by atoms with Crippen LogP contribution in [0.4, 0.5) is 0 Å². The molecule has 0 saturated heterocycles. The molecule has 0 spiro atoms. The van der Waals surface area contributed by atoms with Gasteiger partial charge in [0.1, 0.15) is 0 Å². The van der Waals surface area contributed by atoms with Crippen molar-refractivity contribution in [2.24, 2.45) is 5.41 Å². The van der Waals surface area contributed by atoms with Gasteiger partial charge in [-0.25, -0.2) is 0 Å². The molecule has 1 atom stereocenters. The first kappa shape index (κ1) is 34.5. The molecule has 0 N–H and O–H groups in total. The summed E-state index contributed by atoms with van der Waals surface area (Å²) in [5, 5.41) is 0. The summed E-state index contributed by atoms with van der Waals surface area (Å²) in [6.07, 6.45) is 8.85. The first-order valence-electron chi connectivity index (χ1n) is 14.6. The number of hydrogen-bond donors (Lipinski definition) is 0. The monoisotopic (exact) mass is 778 g/mol. The molecular formula is C31H48IO5PSn. The van der Waals surface area contributed by atoms with Gasteiger partial charge >= 0.3 is 257 Å². The Morgan fingerprint density at radius 1 is 0.795 bits per heavy atom. The molecule has 8 heteroatoms. The summed E-state index contributed by atoms with van der Waals surface area (Å²) in [5.41, 5.74) is -0.716. The van der Waals surface area contributed by atoms with Crippen molar-refractivity contribution in [2.75, 3.05) is 4.43 Å². The molecule has 0 bridgehead atoms. The van der Waals surface area contributed by atoms with Crippen LogP contribution in [0.2, 0.25) is 17.7 Å². The molecule has 0 aliphatic rings. The summed E-state index contributed by atoms with van der Waals surface area (Å²) in [7, 11) is -4.30. The summed E-state index contributed by atoms with van der Waals surface area (Å²) in [4.78, 5) is 14.1. The van der Waals surface area contributed by atoms with E-state index >= 15 is 0 Å². The molecule has 2 aromatic carbocycles. The van der Waals surface area contributed by atoms with Gasteiger partial charge in [0.2, 0.25) is 0 Å². The molecule has 0 aliphatic heterocycles. The van der Waals surface area contributed by atoms with E-state index in [1.807, 2.05) is 19.1 Å². The third kappa shape index (κ3) is 12.0. The number of benzene rings is 2. The number of alkyl halides is 1. The van der Waals surface area contributed by atoms with Crippen LogP contribution in [0, 0.1) is 5.41 Å². The Balaban J connectivity index is 2.43. The van der Waals surface area contributed by atoms with Crippen LogP contribution in [-0.2, 0) is 13.9 Å². The molecule has 0 saturated carbocycles. The molecule has 218 valence electrons. The molecule has 2 aromatic rings. The fourth-order valence-corrected chi connectivity index (χ4v) is 25.8. The molecule has 39 heavy (non-hydrogen) atoms. The van der Waals surface area contributed by atoms with Gasteiger partial charge in [-0.3, -0.25) is 0 Å². The fraction of sp³-hybridized carbons (Fsp3) is 0.581. The van der Waals surface area contributed by atoms with E-state index in [0.717, 1.165) is 15.3 Å². The predicted octanol–water partition coefficient (Wildman–Crippen LogP) is 10.9. The second-order valence-corrected chi connectivity index (χ2v) is 27.3. The van der Waals surface area contributed by atoms with Gasteiger partial charge in [0, 0.05) is 0 Å². The van der Waals surface area contributed by atoms with Crippen LogP contribution in [0.25, 0.3) is 0 Å². The molecule has 1 unspecified atom stereocenters. The number of carbonyl (C=O) groups is 1. The van der Waals surface area contributed by atoms with Crippen LogP contribution in [-0.4, -0.2) is 28.8 Å². The van der Waals surface area contributed by atoms with Gasteiger partial charge < -0.3 is 0 Å². The van der Waals surface area contributed by atoms with Crippen LogP contribution < -0.4 is 9.05 Å². The predicted molar refractivity (Wildman–Crippen MR) is 174 cm³/mol. The third-order valence-electron chi connectivity index (χ3n) is 7.42. The SMILES string of the molecule is CCC[CH2][Sn]([CH2]CCC)([CH2]CCC)[CH2]C(C)(CCCI)C(=O)OP(=O)(Oc1ccccc1)Oc1ccccc1. The molecule has 0 aliphatic carbocycles. The first-order valence-corrected chi connectivity index (χ1v) is 25.7. The van der Waals surface area contributed by atoms with Crippen molar-refractivity contribution in [1.82, 2.24) is 0 Å². The van der Waals surface area contributed by atoms with Crippen LogP contribution in [0.1, 0.15) is 79.1 Å². The fourth-order valence-electron chi connectivity index (χ4n) is 5.33. The van der Waals surface area contributed by atoms with Gasteiger partial charge in [-0.2, -0.15) is 0 Å². The number of hydrogen-bond acceptors (Lipinski definition) is 5. The number of rotatable bonds is 20. The van der Waals surface area contributed by atoms with Crippen molar-refractivity contribution in [1.29, 1.82) is 0 Å². The number of unbranched alkanes of at least 4 members (excludes halogenated alkanes) is 3. The summed E-state index contributed by atoms with van der Waals surface area (Å²) < 4.78 is 37.4. The molecule has 2 rings (SSSR count). The molecule has 0 heterocycles. The quantitative estimate of drug-likeness (QED) is 0.0580. The number of para-hydroxylation sites is 2. The second-order valence-electron chi connectivity index (χ2n) is 11.0. The van der Waals surface area contributed by atoms with E-state index in [-0.39, 0.29) is 0 Å². The maximum absolute atomic E-state index is 14.1. The molecule has 0 amide bonds. The summed E-state index contributed by atoms with van der Waals surface area (Å²) in [5.74, 6) is 0.217. The zero-order valence-electron chi connectivity index (χ0n) is 24.3. The molecule has 5 nitrogen and oxygen atoms in total. The van der Waals surface area contributed by atoms with Gasteiger partial charge in [0.25, 0.3) is 0 Å². The van der Waals surface area contributed by atoms with E-state index in [2.05, 4.69) is 43.4 Å². The Labute approximate surface area is 254 Å². The van der Waals surface area contributed by atoms with E-state index in [0.29, 0.717) is 17.9 Å². The minimum atomic E-state index is -4.30. The van der Waals surface area contributed by atoms with Crippen LogP contribution >= 0.6 is 30.4 Å². The average Bonchev–Trinajstić information content (AvgIpc) is 2.93. The number of halogens is 1. The molecule has 0 fully saturated rings. The minimum absolute atomic E-state index is 0.334. The Kier molecular flexibility index (Phi) is 15.9. The van der Waals surface area contributed by atoms with Crippen molar-refractivity contribution in [3.05, 3.63) is 60.7 Å². The van der Waals surface area contributed by atoms with E-state index in [1.165, 1.54) is 51.8 Å². The van der Waals surface area contributed by atoms with E-state index in [1.54, 1.807) is 48.5 Å². The van der Waals surface area contributed by atoms with Crippen molar-refractivity contribution in [3.63, 3.8) is 0 Å². The van der Waals surface area contributed by atoms with Crippen LogP contribution in [0.15, 0.2) is 60.7 Å². The van der Waals surface area contributed by atoms with Crippen molar-refractivity contribution >= 4 is 54.8 Å². The van der Waals surface area contributed by atoms with Crippen molar-refractivity contribution < 1.29 is 22.9 Å². The van der Waals surface area contributed by atoms with Gasteiger partial charge in [-0.05, 0) is 0 Å².